The summed E-state index contributed by atoms with van der Waals surface area (Å²) >= 11 is 1.80. The first-order chi connectivity index (χ1) is 7.78. The largest absolute Gasteiger partial charge is 0.325 e. The highest BCUT2D eigenvalue weighted by Gasteiger charge is 2.39. The second kappa shape index (κ2) is 4.09. The maximum Gasteiger partial charge on any atom is 0.0961 e. The van der Waals surface area contributed by atoms with Gasteiger partial charge >= 0.3 is 0 Å². The van der Waals surface area contributed by atoms with Crippen molar-refractivity contribution in [3.63, 3.8) is 0 Å². The SMILES string of the molecule is CN1C2CCC1CC(c1nc(CN)cs1)C2. The second-order valence-electron chi connectivity index (χ2n) is 5.10. The number of thiazole rings is 1. The summed E-state index contributed by atoms with van der Waals surface area (Å²) in [6, 6.07) is 1.60. The molecule has 88 valence electrons. The summed E-state index contributed by atoms with van der Waals surface area (Å²) in [5, 5.41) is 3.45. The molecule has 0 aliphatic carbocycles. The van der Waals surface area contributed by atoms with E-state index in [0.29, 0.717) is 12.5 Å². The Bertz CT molecular complexity index is 362. The van der Waals surface area contributed by atoms with Crippen LogP contribution in [0.4, 0.5) is 0 Å². The van der Waals surface area contributed by atoms with E-state index in [1.54, 1.807) is 11.3 Å². The van der Waals surface area contributed by atoms with Crippen LogP contribution in [0.3, 0.4) is 0 Å². The van der Waals surface area contributed by atoms with Gasteiger partial charge in [0, 0.05) is 29.9 Å². The molecule has 3 nitrogen and oxygen atoms in total. The zero-order valence-electron chi connectivity index (χ0n) is 9.72. The van der Waals surface area contributed by atoms with Crippen molar-refractivity contribution < 1.29 is 0 Å². The zero-order chi connectivity index (χ0) is 11.1. The summed E-state index contributed by atoms with van der Waals surface area (Å²) in [6.07, 6.45) is 5.36. The predicted octanol–water partition coefficient (Wildman–Crippen LogP) is 1.94. The van der Waals surface area contributed by atoms with Gasteiger partial charge in [-0.1, -0.05) is 0 Å². The van der Waals surface area contributed by atoms with Crippen LogP contribution in [-0.2, 0) is 6.54 Å². The van der Waals surface area contributed by atoms with E-state index in [0.717, 1.165) is 17.8 Å². The van der Waals surface area contributed by atoms with Gasteiger partial charge in [0.1, 0.15) is 0 Å². The molecular formula is C12H19N3S. The van der Waals surface area contributed by atoms with Crippen molar-refractivity contribution in [3.8, 4) is 0 Å². The van der Waals surface area contributed by atoms with Crippen molar-refractivity contribution in [2.75, 3.05) is 7.05 Å². The van der Waals surface area contributed by atoms with E-state index in [4.69, 9.17) is 5.73 Å². The van der Waals surface area contributed by atoms with E-state index >= 15 is 0 Å². The number of hydrogen-bond donors (Lipinski definition) is 1. The molecule has 2 N–H and O–H groups in total. The first kappa shape index (κ1) is 10.7. The Morgan fingerprint density at radius 2 is 2.12 bits per heavy atom. The molecule has 0 aromatic carbocycles. The van der Waals surface area contributed by atoms with E-state index in [2.05, 4.69) is 22.3 Å². The third-order valence-corrected chi connectivity index (χ3v) is 5.28. The normalized spacial score (nSPS) is 34.5. The molecule has 0 spiro atoms. The molecule has 0 amide bonds. The molecule has 2 unspecified atom stereocenters. The quantitative estimate of drug-likeness (QED) is 0.855. The van der Waals surface area contributed by atoms with Crippen molar-refractivity contribution in [2.45, 2.75) is 50.2 Å². The van der Waals surface area contributed by atoms with Gasteiger partial charge in [-0.25, -0.2) is 4.98 Å². The van der Waals surface area contributed by atoms with Crippen LogP contribution in [0, 0.1) is 0 Å². The first-order valence-corrected chi connectivity index (χ1v) is 7.02. The van der Waals surface area contributed by atoms with Gasteiger partial charge in [-0.3, -0.25) is 0 Å². The van der Waals surface area contributed by atoms with Gasteiger partial charge in [0.2, 0.25) is 0 Å². The van der Waals surface area contributed by atoms with Crippen LogP contribution in [0.15, 0.2) is 5.38 Å². The standard InChI is InChI=1S/C12H19N3S/c1-15-10-2-3-11(15)5-8(4-10)12-14-9(6-13)7-16-12/h7-8,10-11H,2-6,13H2,1H3. The van der Waals surface area contributed by atoms with E-state index in [-0.39, 0.29) is 0 Å². The summed E-state index contributed by atoms with van der Waals surface area (Å²) in [4.78, 5) is 7.23. The molecule has 1 aromatic heterocycles. The highest BCUT2D eigenvalue weighted by Crippen LogP contribution is 2.42. The van der Waals surface area contributed by atoms with Gasteiger partial charge in [-0.05, 0) is 32.7 Å². The molecule has 3 heterocycles. The lowest BCUT2D eigenvalue weighted by Gasteiger charge is -2.35. The number of piperidine rings is 1. The van der Waals surface area contributed by atoms with Gasteiger partial charge < -0.3 is 10.6 Å². The van der Waals surface area contributed by atoms with Crippen molar-refractivity contribution in [1.29, 1.82) is 0 Å². The Hall–Kier alpha value is -0.450. The number of fused-ring (bicyclic) bond motifs is 2. The van der Waals surface area contributed by atoms with Crippen LogP contribution in [0.25, 0.3) is 0 Å². The predicted molar refractivity (Wildman–Crippen MR) is 66.6 cm³/mol. The van der Waals surface area contributed by atoms with Crippen LogP contribution in [0.5, 0.6) is 0 Å². The van der Waals surface area contributed by atoms with Crippen LogP contribution >= 0.6 is 11.3 Å². The Labute approximate surface area is 101 Å². The maximum atomic E-state index is 5.62. The minimum atomic E-state index is 0.579. The molecule has 2 aliphatic heterocycles. The summed E-state index contributed by atoms with van der Waals surface area (Å²) < 4.78 is 0. The van der Waals surface area contributed by atoms with Crippen LogP contribution in [0.1, 0.15) is 42.3 Å². The van der Waals surface area contributed by atoms with Gasteiger partial charge in [0.15, 0.2) is 0 Å². The van der Waals surface area contributed by atoms with Crippen LogP contribution in [0.2, 0.25) is 0 Å². The summed E-state index contributed by atoms with van der Waals surface area (Å²) in [5.41, 5.74) is 6.68. The highest BCUT2D eigenvalue weighted by atomic mass is 32.1. The molecular weight excluding hydrogens is 218 g/mol. The Morgan fingerprint density at radius 1 is 1.44 bits per heavy atom. The molecule has 2 bridgehead atoms. The molecule has 4 heteroatoms. The zero-order valence-corrected chi connectivity index (χ0v) is 10.5. The number of aromatic nitrogens is 1. The maximum absolute atomic E-state index is 5.62. The van der Waals surface area contributed by atoms with Crippen molar-refractivity contribution >= 4 is 11.3 Å². The number of hydrogen-bond acceptors (Lipinski definition) is 4. The Balaban J connectivity index is 1.77. The fraction of sp³-hybridized carbons (Fsp3) is 0.750. The minimum absolute atomic E-state index is 0.579. The summed E-state index contributed by atoms with van der Waals surface area (Å²) in [6.45, 7) is 0.579. The van der Waals surface area contributed by atoms with Gasteiger partial charge in [0.05, 0.1) is 10.7 Å². The first-order valence-electron chi connectivity index (χ1n) is 6.14. The molecule has 2 aliphatic rings. The van der Waals surface area contributed by atoms with E-state index in [9.17, 15) is 0 Å². The van der Waals surface area contributed by atoms with Crippen molar-refractivity contribution in [3.05, 3.63) is 16.1 Å². The van der Waals surface area contributed by atoms with Crippen LogP contribution < -0.4 is 5.73 Å². The topological polar surface area (TPSA) is 42.2 Å². The van der Waals surface area contributed by atoms with Gasteiger partial charge in [-0.15, -0.1) is 11.3 Å². The molecule has 0 saturated carbocycles. The van der Waals surface area contributed by atoms with Crippen molar-refractivity contribution in [1.82, 2.24) is 9.88 Å². The molecule has 1 aromatic rings. The summed E-state index contributed by atoms with van der Waals surface area (Å²) in [5.74, 6) is 0.694. The molecule has 16 heavy (non-hydrogen) atoms. The van der Waals surface area contributed by atoms with Gasteiger partial charge in [-0.2, -0.15) is 0 Å². The third-order valence-electron chi connectivity index (χ3n) is 4.23. The monoisotopic (exact) mass is 237 g/mol. The Kier molecular flexibility index (Phi) is 2.73. The number of nitrogens with zero attached hydrogens (tertiary/aromatic N) is 2. The molecule has 2 saturated heterocycles. The molecule has 2 fully saturated rings. The highest BCUT2D eigenvalue weighted by molar-refractivity contribution is 7.09. The van der Waals surface area contributed by atoms with E-state index < -0.39 is 0 Å². The van der Waals surface area contributed by atoms with Crippen molar-refractivity contribution in [2.24, 2.45) is 5.73 Å². The lowest BCUT2D eigenvalue weighted by Crippen LogP contribution is -2.39. The molecule has 2 atom stereocenters. The fourth-order valence-corrected chi connectivity index (χ4v) is 4.18. The average molecular weight is 237 g/mol. The lowest BCUT2D eigenvalue weighted by atomic mass is 9.92. The fourth-order valence-electron chi connectivity index (χ4n) is 3.22. The summed E-state index contributed by atoms with van der Waals surface area (Å²) in [7, 11) is 2.28. The molecule has 0 radical (unpaired) electrons. The smallest absolute Gasteiger partial charge is 0.0961 e. The lowest BCUT2D eigenvalue weighted by molar-refractivity contribution is 0.161. The van der Waals surface area contributed by atoms with Crippen LogP contribution in [-0.4, -0.2) is 29.0 Å². The van der Waals surface area contributed by atoms with E-state index in [1.165, 1.54) is 30.7 Å². The average Bonchev–Trinajstić information content (AvgIpc) is 2.82. The second-order valence-corrected chi connectivity index (χ2v) is 5.99. The molecule has 3 rings (SSSR count). The third kappa shape index (κ3) is 1.69. The van der Waals surface area contributed by atoms with E-state index in [1.807, 2.05) is 0 Å². The Morgan fingerprint density at radius 3 is 2.69 bits per heavy atom. The van der Waals surface area contributed by atoms with Gasteiger partial charge in [0.25, 0.3) is 0 Å². The number of rotatable bonds is 2. The number of nitrogens with two attached hydrogens (primary N) is 1. The minimum Gasteiger partial charge on any atom is -0.325 e.